The van der Waals surface area contributed by atoms with Gasteiger partial charge in [0.15, 0.2) is 7.14 Å². The van der Waals surface area contributed by atoms with E-state index in [1.165, 1.54) is 3.57 Å². The molecule has 1 aromatic heterocycles. The van der Waals surface area contributed by atoms with Crippen molar-refractivity contribution < 1.29 is 4.57 Å². The van der Waals surface area contributed by atoms with Gasteiger partial charge in [-0.1, -0.05) is 60.7 Å². The molecule has 0 aliphatic rings. The third-order valence-electron chi connectivity index (χ3n) is 5.07. The summed E-state index contributed by atoms with van der Waals surface area (Å²) in [4.78, 5) is 0. The molecule has 1 heterocycles. The van der Waals surface area contributed by atoms with Crippen LogP contribution in [-0.2, 0) is 4.57 Å². The van der Waals surface area contributed by atoms with Crippen LogP contribution in [0.1, 0.15) is 11.4 Å². The summed E-state index contributed by atoms with van der Waals surface area (Å²) in [5, 5.41) is 2.63. The quantitative estimate of drug-likeness (QED) is 0.276. The second-order valence-corrected chi connectivity index (χ2v) is 10.8. The fraction of sp³-hybridized carbons (Fsp3) is 0.0833. The molecule has 3 aromatic carbocycles. The molecule has 0 fully saturated rings. The van der Waals surface area contributed by atoms with Crippen molar-refractivity contribution in [2.45, 2.75) is 13.8 Å². The Morgan fingerprint density at radius 3 is 1.75 bits per heavy atom. The molecule has 0 spiro atoms. The van der Waals surface area contributed by atoms with E-state index in [0.29, 0.717) is 0 Å². The minimum absolute atomic E-state index is 0.865. The summed E-state index contributed by atoms with van der Waals surface area (Å²) >= 11 is 2.31. The number of aryl methyl sites for hydroxylation is 1. The van der Waals surface area contributed by atoms with Crippen molar-refractivity contribution in [3.05, 3.63) is 106 Å². The van der Waals surface area contributed by atoms with Gasteiger partial charge in [-0.05, 0) is 66.8 Å². The van der Waals surface area contributed by atoms with Gasteiger partial charge in [0.25, 0.3) is 0 Å². The van der Waals surface area contributed by atoms with E-state index in [1.54, 1.807) is 0 Å². The van der Waals surface area contributed by atoms with Crippen LogP contribution in [0, 0.1) is 17.4 Å². The Hall–Kier alpha value is -2.10. The zero-order valence-electron chi connectivity index (χ0n) is 15.8. The molecule has 4 rings (SSSR count). The highest BCUT2D eigenvalue weighted by Crippen LogP contribution is 2.44. The minimum atomic E-state index is -2.97. The molecule has 0 unspecified atom stereocenters. The summed E-state index contributed by atoms with van der Waals surface area (Å²) in [6, 6.07) is 30.2. The van der Waals surface area contributed by atoms with Crippen LogP contribution in [0.15, 0.2) is 91.0 Å². The number of hydrogen-bond acceptors (Lipinski definition) is 1. The number of hydrogen-bond donors (Lipinski definition) is 0. The third-order valence-corrected chi connectivity index (χ3v) is 8.97. The lowest BCUT2D eigenvalue weighted by Crippen LogP contribution is -2.26. The van der Waals surface area contributed by atoms with Crippen LogP contribution < -0.4 is 15.9 Å². The Balaban J connectivity index is 1.98. The van der Waals surface area contributed by atoms with Crippen molar-refractivity contribution in [1.29, 1.82) is 0 Å². The number of aromatic nitrogens is 1. The summed E-state index contributed by atoms with van der Waals surface area (Å²) in [6.45, 7) is 4.15. The van der Waals surface area contributed by atoms with E-state index in [1.807, 2.05) is 60.7 Å². The first-order valence-corrected chi connectivity index (χ1v) is 12.0. The molecule has 0 N–H and O–H groups in total. The molecule has 0 radical (unpaired) electrons. The predicted octanol–water partition coefficient (Wildman–Crippen LogP) is 5.34. The smallest absolute Gasteiger partial charge is 0.172 e. The summed E-state index contributed by atoms with van der Waals surface area (Å²) in [6.07, 6.45) is 0. The highest BCUT2D eigenvalue weighted by atomic mass is 127. The maximum absolute atomic E-state index is 14.7. The maximum Gasteiger partial charge on any atom is 0.172 e. The molecule has 28 heavy (non-hydrogen) atoms. The lowest BCUT2D eigenvalue weighted by molar-refractivity contribution is 0.592. The first kappa shape index (κ1) is 19.2. The van der Waals surface area contributed by atoms with Crippen molar-refractivity contribution in [1.82, 2.24) is 4.57 Å². The molecule has 2 nitrogen and oxygen atoms in total. The van der Waals surface area contributed by atoms with Gasteiger partial charge in [0, 0.05) is 36.6 Å². The maximum atomic E-state index is 14.7. The lowest BCUT2D eigenvalue weighted by Gasteiger charge is -2.20. The third kappa shape index (κ3) is 3.27. The normalized spacial score (nSPS) is 11.5. The van der Waals surface area contributed by atoms with Crippen LogP contribution in [0.5, 0.6) is 0 Å². The molecule has 4 heteroatoms. The number of halogens is 1. The Bertz CT molecular complexity index is 1110. The van der Waals surface area contributed by atoms with Crippen molar-refractivity contribution >= 4 is 45.6 Å². The predicted molar refractivity (Wildman–Crippen MR) is 127 cm³/mol. The molecule has 4 aromatic rings. The summed E-state index contributed by atoms with van der Waals surface area (Å²) in [5.74, 6) is 0. The topological polar surface area (TPSA) is 22.0 Å². The van der Waals surface area contributed by atoms with Crippen LogP contribution in [-0.4, -0.2) is 4.57 Å². The number of rotatable bonds is 4. The molecule has 0 bridgehead atoms. The summed E-state index contributed by atoms with van der Waals surface area (Å²) in [7, 11) is -2.97. The number of nitrogens with zero attached hydrogens (tertiary/aromatic N) is 1. The van der Waals surface area contributed by atoms with E-state index in [4.69, 9.17) is 0 Å². The van der Waals surface area contributed by atoms with Crippen LogP contribution >= 0.6 is 29.7 Å². The van der Waals surface area contributed by atoms with Gasteiger partial charge in [-0.2, -0.15) is 0 Å². The Kier molecular flexibility index (Phi) is 5.31. The van der Waals surface area contributed by atoms with E-state index in [2.05, 4.69) is 71.3 Å². The summed E-state index contributed by atoms with van der Waals surface area (Å²) < 4.78 is 18.1. The van der Waals surface area contributed by atoms with Crippen LogP contribution in [0.25, 0.3) is 5.69 Å². The summed E-state index contributed by atoms with van der Waals surface area (Å²) in [5.41, 5.74) is 3.20. The van der Waals surface area contributed by atoms with Crippen molar-refractivity contribution in [3.63, 3.8) is 0 Å². The molecule has 140 valence electrons. The highest BCUT2D eigenvalue weighted by Gasteiger charge is 2.33. The van der Waals surface area contributed by atoms with Crippen LogP contribution in [0.2, 0.25) is 0 Å². The van der Waals surface area contributed by atoms with Gasteiger partial charge in [0.2, 0.25) is 0 Å². The Labute approximate surface area is 179 Å². The average Bonchev–Trinajstić information content (AvgIpc) is 3.04. The Morgan fingerprint density at radius 1 is 0.750 bits per heavy atom. The van der Waals surface area contributed by atoms with Crippen molar-refractivity contribution in [3.8, 4) is 5.69 Å². The largest absolute Gasteiger partial charge is 0.318 e. The van der Waals surface area contributed by atoms with Gasteiger partial charge in [-0.25, -0.2) is 0 Å². The van der Waals surface area contributed by atoms with Gasteiger partial charge in [-0.3, -0.25) is 0 Å². The van der Waals surface area contributed by atoms with Crippen LogP contribution in [0.3, 0.4) is 0 Å². The Morgan fingerprint density at radius 2 is 1.25 bits per heavy atom. The van der Waals surface area contributed by atoms with Gasteiger partial charge in [0.05, 0.1) is 0 Å². The second kappa shape index (κ2) is 7.73. The van der Waals surface area contributed by atoms with Crippen molar-refractivity contribution in [2.24, 2.45) is 0 Å². The van der Waals surface area contributed by atoms with E-state index in [0.717, 1.165) is 33.0 Å². The molecule has 0 atom stereocenters. The fourth-order valence-corrected chi connectivity index (χ4v) is 7.08. The SMILES string of the molecule is Cc1cc(P(=O)(c2ccccc2)c2ccccc2)c(C)n1-c1ccc(I)cc1. The van der Waals surface area contributed by atoms with Gasteiger partial charge >= 0.3 is 0 Å². The first-order valence-electron chi connectivity index (χ1n) is 9.18. The molecule has 0 aliphatic heterocycles. The molecule has 0 amide bonds. The fourth-order valence-electron chi connectivity index (χ4n) is 3.76. The molecular formula is C24H21INOP. The van der Waals surface area contributed by atoms with Crippen LogP contribution in [0.4, 0.5) is 0 Å². The molecule has 0 aliphatic carbocycles. The van der Waals surface area contributed by atoms with E-state index in [-0.39, 0.29) is 0 Å². The first-order chi connectivity index (χ1) is 13.5. The minimum Gasteiger partial charge on any atom is -0.318 e. The lowest BCUT2D eigenvalue weighted by atomic mass is 10.3. The zero-order valence-corrected chi connectivity index (χ0v) is 18.9. The van der Waals surface area contributed by atoms with Gasteiger partial charge in [0.1, 0.15) is 0 Å². The van der Waals surface area contributed by atoms with Gasteiger partial charge < -0.3 is 9.13 Å². The molecule has 0 saturated heterocycles. The van der Waals surface area contributed by atoms with E-state index in [9.17, 15) is 4.57 Å². The average molecular weight is 497 g/mol. The second-order valence-electron chi connectivity index (χ2n) is 6.85. The van der Waals surface area contributed by atoms with E-state index < -0.39 is 7.14 Å². The molecule has 0 saturated carbocycles. The number of benzene rings is 3. The standard InChI is InChI=1S/C24H21INOP/c1-18-17-24(19(2)26(18)21-15-13-20(25)14-16-21)28(27,22-9-5-3-6-10-22)23-11-7-4-8-12-23/h3-17H,1-2H3. The monoisotopic (exact) mass is 497 g/mol. The van der Waals surface area contributed by atoms with Gasteiger partial charge in [-0.15, -0.1) is 0 Å². The molecular weight excluding hydrogens is 476 g/mol. The van der Waals surface area contributed by atoms with E-state index >= 15 is 0 Å². The highest BCUT2D eigenvalue weighted by molar-refractivity contribution is 14.1. The van der Waals surface area contributed by atoms with Crippen molar-refractivity contribution in [2.75, 3.05) is 0 Å². The zero-order chi connectivity index (χ0) is 19.7.